The van der Waals surface area contributed by atoms with Gasteiger partial charge in [-0.1, -0.05) is 109 Å². The molecule has 280 valence electrons. The van der Waals surface area contributed by atoms with Crippen molar-refractivity contribution in [2.24, 2.45) is 0 Å². The Hall–Kier alpha value is -2.19. The van der Waals surface area contributed by atoms with Gasteiger partial charge in [0.1, 0.15) is 6.61 Å². The van der Waals surface area contributed by atoms with Crippen molar-refractivity contribution in [2.45, 2.75) is 174 Å². The fraction of sp³-hybridized carbons (Fsp3) is 0.825. The highest BCUT2D eigenvalue weighted by Gasteiger charge is 2.31. The lowest BCUT2D eigenvalue weighted by Crippen LogP contribution is -2.50. The number of carboxylic acids is 1. The number of carbonyl (C=O) groups is 3. The van der Waals surface area contributed by atoms with E-state index >= 15 is 0 Å². The van der Waals surface area contributed by atoms with Crippen molar-refractivity contribution >= 4 is 17.9 Å². The van der Waals surface area contributed by atoms with Gasteiger partial charge in [-0.15, -0.1) is 0 Å². The van der Waals surface area contributed by atoms with E-state index in [1.807, 2.05) is 21.1 Å². The Labute approximate surface area is 294 Å². The Morgan fingerprint density at radius 3 is 1.58 bits per heavy atom. The number of allylic oxidation sites excluding steroid dienone is 4. The maximum Gasteiger partial charge on any atom is 0.362 e. The fourth-order valence-electron chi connectivity index (χ4n) is 5.48. The number of rotatable bonds is 34. The summed E-state index contributed by atoms with van der Waals surface area (Å²) < 4.78 is 17.2. The molecule has 0 aliphatic rings. The average molecular weight is 681 g/mol. The number of likely N-dealkylation sites (N-methyl/N-ethyl adjacent to an activating group) is 1. The molecule has 0 heterocycles. The fourth-order valence-corrected chi connectivity index (χ4v) is 5.48. The first-order valence-electron chi connectivity index (χ1n) is 19.4. The van der Waals surface area contributed by atoms with Crippen LogP contribution in [0.25, 0.3) is 0 Å². The van der Waals surface area contributed by atoms with Crippen LogP contribution >= 0.6 is 0 Å². The van der Waals surface area contributed by atoms with Crippen molar-refractivity contribution in [3.63, 3.8) is 0 Å². The Balaban J connectivity index is 4.43. The summed E-state index contributed by atoms with van der Waals surface area (Å²) in [5, 5.41) is 9.57. The van der Waals surface area contributed by atoms with Gasteiger partial charge in [0.05, 0.1) is 34.4 Å². The van der Waals surface area contributed by atoms with Gasteiger partial charge in [0.15, 0.2) is 12.1 Å². The van der Waals surface area contributed by atoms with E-state index in [2.05, 4.69) is 38.2 Å². The first-order valence-corrected chi connectivity index (χ1v) is 19.4. The van der Waals surface area contributed by atoms with E-state index in [0.717, 1.165) is 70.6 Å². The lowest BCUT2D eigenvalue weighted by Gasteiger charge is -2.31. The number of hydrogen-bond acceptors (Lipinski definition) is 6. The van der Waals surface area contributed by atoms with Crippen molar-refractivity contribution in [3.8, 4) is 0 Å². The van der Waals surface area contributed by atoms with Crippen LogP contribution in [-0.2, 0) is 28.6 Å². The van der Waals surface area contributed by atoms with Crippen molar-refractivity contribution in [1.82, 2.24) is 0 Å². The molecule has 2 unspecified atom stereocenters. The zero-order valence-corrected chi connectivity index (χ0v) is 31.7. The van der Waals surface area contributed by atoms with Crippen LogP contribution in [0.15, 0.2) is 24.3 Å². The third kappa shape index (κ3) is 29.9. The quantitative estimate of drug-likeness (QED) is 0.0313. The molecule has 0 fully saturated rings. The van der Waals surface area contributed by atoms with E-state index in [-0.39, 0.29) is 36.2 Å². The molecule has 0 aromatic rings. The third-order valence-corrected chi connectivity index (χ3v) is 8.57. The van der Waals surface area contributed by atoms with Crippen LogP contribution in [0.3, 0.4) is 0 Å². The standard InChI is InChI=1S/C40H73NO7/c1-6-8-10-12-14-16-18-19-20-21-23-24-26-28-30-38(42)47-35-36(34-46-33-32-37(40(44)45)41(3,4)5)48-39(43)31-29-27-25-22-17-15-13-11-9-7-2/h13,15,20-21,36-37H,6-12,14,16-19,22-35H2,1-5H3/p+1/b15-13+,21-20+. The lowest BCUT2D eigenvalue weighted by molar-refractivity contribution is -0.887. The number of unbranched alkanes of at least 4 members (excludes halogenated alkanes) is 16. The van der Waals surface area contributed by atoms with Gasteiger partial charge < -0.3 is 23.8 Å². The molecule has 8 nitrogen and oxygen atoms in total. The molecule has 0 aromatic carbocycles. The van der Waals surface area contributed by atoms with Crippen LogP contribution in [0.4, 0.5) is 0 Å². The van der Waals surface area contributed by atoms with Crippen molar-refractivity contribution in [1.29, 1.82) is 0 Å². The number of carboxylic acid groups (broad SMARTS) is 1. The molecule has 0 bridgehead atoms. The lowest BCUT2D eigenvalue weighted by atomic mass is 10.1. The Bertz CT molecular complexity index is 849. The van der Waals surface area contributed by atoms with Gasteiger partial charge in [0.25, 0.3) is 0 Å². The number of carbonyl (C=O) groups excluding carboxylic acids is 2. The summed E-state index contributed by atoms with van der Waals surface area (Å²) in [6.07, 6.45) is 32.2. The second-order valence-electron chi connectivity index (χ2n) is 14.2. The first kappa shape index (κ1) is 45.8. The Morgan fingerprint density at radius 2 is 1.06 bits per heavy atom. The van der Waals surface area contributed by atoms with Gasteiger partial charge in [-0.2, -0.15) is 0 Å². The molecule has 0 rings (SSSR count). The zero-order valence-electron chi connectivity index (χ0n) is 31.7. The van der Waals surface area contributed by atoms with Crippen molar-refractivity contribution in [2.75, 3.05) is 41.0 Å². The zero-order chi connectivity index (χ0) is 35.7. The molecular weight excluding hydrogens is 606 g/mol. The number of esters is 2. The normalized spacial score (nSPS) is 13.3. The summed E-state index contributed by atoms with van der Waals surface area (Å²) in [4.78, 5) is 36.7. The SMILES string of the molecule is CCCC/C=C/CCCCCCC(=O)OC(COCCC(C(=O)O)[N+](C)(C)C)COC(=O)CCCCC/C=C/CCCCCCCCC. The van der Waals surface area contributed by atoms with Gasteiger partial charge in [0.2, 0.25) is 0 Å². The predicted octanol–water partition coefficient (Wildman–Crippen LogP) is 9.74. The number of aliphatic carboxylic acids is 1. The minimum atomic E-state index is -0.880. The molecule has 8 heteroatoms. The highest BCUT2D eigenvalue weighted by molar-refractivity contribution is 5.72. The summed E-state index contributed by atoms with van der Waals surface area (Å²) in [6, 6.07) is -0.615. The number of hydrogen-bond donors (Lipinski definition) is 1. The van der Waals surface area contributed by atoms with E-state index in [4.69, 9.17) is 14.2 Å². The molecule has 0 saturated carbocycles. The van der Waals surface area contributed by atoms with Crippen molar-refractivity contribution < 1.29 is 38.2 Å². The number of nitrogens with zero attached hydrogens (tertiary/aromatic N) is 1. The van der Waals surface area contributed by atoms with Gasteiger partial charge in [-0.25, -0.2) is 4.79 Å². The second-order valence-corrected chi connectivity index (χ2v) is 14.2. The molecule has 2 atom stereocenters. The topological polar surface area (TPSA) is 99.1 Å². The summed E-state index contributed by atoms with van der Waals surface area (Å²) in [6.45, 7) is 4.65. The highest BCUT2D eigenvalue weighted by atomic mass is 16.6. The number of ether oxygens (including phenoxy) is 3. The van der Waals surface area contributed by atoms with Gasteiger partial charge in [-0.3, -0.25) is 9.59 Å². The average Bonchev–Trinajstić information content (AvgIpc) is 3.03. The molecule has 48 heavy (non-hydrogen) atoms. The van der Waals surface area contributed by atoms with Crippen LogP contribution in [0.5, 0.6) is 0 Å². The van der Waals surface area contributed by atoms with Crippen molar-refractivity contribution in [3.05, 3.63) is 24.3 Å². The number of quaternary nitrogens is 1. The predicted molar refractivity (Wildman–Crippen MR) is 197 cm³/mol. The largest absolute Gasteiger partial charge is 0.477 e. The molecule has 0 spiro atoms. The Morgan fingerprint density at radius 1 is 0.604 bits per heavy atom. The van der Waals surface area contributed by atoms with Gasteiger partial charge in [-0.05, 0) is 57.8 Å². The van der Waals surface area contributed by atoms with E-state index < -0.39 is 18.1 Å². The second kappa shape index (κ2) is 32.0. The smallest absolute Gasteiger partial charge is 0.362 e. The highest BCUT2D eigenvalue weighted by Crippen LogP contribution is 2.13. The monoisotopic (exact) mass is 681 g/mol. The van der Waals surface area contributed by atoms with E-state index in [9.17, 15) is 19.5 Å². The van der Waals surface area contributed by atoms with E-state index in [1.54, 1.807) is 0 Å². The van der Waals surface area contributed by atoms with Crippen LogP contribution < -0.4 is 0 Å². The third-order valence-electron chi connectivity index (χ3n) is 8.57. The molecule has 0 aliphatic heterocycles. The molecular formula is C40H74NO7+. The minimum Gasteiger partial charge on any atom is -0.477 e. The first-order chi connectivity index (χ1) is 23.1. The Kier molecular flexibility index (Phi) is 30.6. The summed E-state index contributed by atoms with van der Waals surface area (Å²) in [5.41, 5.74) is 0. The molecule has 0 radical (unpaired) electrons. The summed E-state index contributed by atoms with van der Waals surface area (Å²) in [5.74, 6) is -1.51. The maximum absolute atomic E-state index is 12.6. The van der Waals surface area contributed by atoms with Crippen LogP contribution in [0, 0.1) is 0 Å². The van der Waals surface area contributed by atoms with Gasteiger partial charge >= 0.3 is 17.9 Å². The van der Waals surface area contributed by atoms with E-state index in [0.29, 0.717) is 19.3 Å². The van der Waals surface area contributed by atoms with Crippen LogP contribution in [0.1, 0.15) is 162 Å². The maximum atomic E-state index is 12.6. The van der Waals surface area contributed by atoms with Crippen LogP contribution in [-0.4, -0.2) is 80.6 Å². The molecule has 0 saturated heterocycles. The van der Waals surface area contributed by atoms with Crippen LogP contribution in [0.2, 0.25) is 0 Å². The molecule has 0 aromatic heterocycles. The molecule has 1 N–H and O–H groups in total. The molecule has 0 aliphatic carbocycles. The van der Waals surface area contributed by atoms with E-state index in [1.165, 1.54) is 57.8 Å². The summed E-state index contributed by atoms with van der Waals surface area (Å²) >= 11 is 0. The molecule has 0 amide bonds. The minimum absolute atomic E-state index is 0.0536. The summed E-state index contributed by atoms with van der Waals surface area (Å²) in [7, 11) is 5.51. The van der Waals surface area contributed by atoms with Gasteiger partial charge in [0, 0.05) is 19.3 Å².